The van der Waals surface area contributed by atoms with Gasteiger partial charge < -0.3 is 4.90 Å². The lowest BCUT2D eigenvalue weighted by molar-refractivity contribution is -0.144. The summed E-state index contributed by atoms with van der Waals surface area (Å²) >= 11 is 0. The van der Waals surface area contributed by atoms with Crippen LogP contribution in [0.5, 0.6) is 0 Å². The molecule has 0 N–H and O–H groups in total. The number of piperazine rings is 1. The van der Waals surface area contributed by atoms with Gasteiger partial charge in [-0.3, -0.25) is 9.69 Å². The molecule has 0 radical (unpaired) electrons. The van der Waals surface area contributed by atoms with Gasteiger partial charge in [-0.05, 0) is 25.7 Å². The molecule has 0 aromatic heterocycles. The fourth-order valence-electron chi connectivity index (χ4n) is 3.94. The van der Waals surface area contributed by atoms with Crippen LogP contribution in [0.3, 0.4) is 0 Å². The van der Waals surface area contributed by atoms with Crippen molar-refractivity contribution in [2.45, 2.75) is 64.8 Å². The molecule has 2 aliphatic rings. The summed E-state index contributed by atoms with van der Waals surface area (Å²) in [5.74, 6) is 0.381. The average Bonchev–Trinajstić information content (AvgIpc) is 3.02. The van der Waals surface area contributed by atoms with Crippen molar-refractivity contribution >= 4 is 5.91 Å². The van der Waals surface area contributed by atoms with Gasteiger partial charge in [0.05, 0.1) is 12.1 Å². The van der Waals surface area contributed by atoms with Gasteiger partial charge in [-0.2, -0.15) is 5.26 Å². The highest BCUT2D eigenvalue weighted by atomic mass is 16.2. The summed E-state index contributed by atoms with van der Waals surface area (Å²) in [6.07, 6.45) is 7.49. The third-order valence-electron chi connectivity index (χ3n) is 5.44. The number of carbonyl (C=O) groups is 1. The van der Waals surface area contributed by atoms with Crippen molar-refractivity contribution < 1.29 is 4.79 Å². The second kappa shape index (κ2) is 7.26. The summed E-state index contributed by atoms with van der Waals surface area (Å²) in [4.78, 5) is 17.2. The van der Waals surface area contributed by atoms with Crippen molar-refractivity contribution in [1.82, 2.24) is 9.80 Å². The molecule has 21 heavy (non-hydrogen) atoms. The number of rotatable bonds is 5. The topological polar surface area (TPSA) is 47.3 Å². The van der Waals surface area contributed by atoms with Crippen molar-refractivity contribution in [3.8, 4) is 6.07 Å². The molecule has 1 saturated carbocycles. The van der Waals surface area contributed by atoms with Crippen LogP contribution in [0, 0.1) is 16.7 Å². The summed E-state index contributed by atoms with van der Waals surface area (Å²) < 4.78 is 0. The van der Waals surface area contributed by atoms with Gasteiger partial charge in [-0.25, -0.2) is 0 Å². The predicted octanol–water partition coefficient (Wildman–Crippen LogP) is 2.79. The predicted molar refractivity (Wildman–Crippen MR) is 83.7 cm³/mol. The van der Waals surface area contributed by atoms with Gasteiger partial charge in [0.25, 0.3) is 0 Å². The molecule has 0 aromatic carbocycles. The molecule has 2 rings (SSSR count). The molecule has 118 valence electrons. The van der Waals surface area contributed by atoms with Crippen LogP contribution in [-0.4, -0.2) is 47.9 Å². The molecule has 0 spiro atoms. The molecule has 4 nitrogen and oxygen atoms in total. The minimum atomic E-state index is -0.0692. The van der Waals surface area contributed by atoms with E-state index < -0.39 is 0 Å². The molecule has 4 heteroatoms. The van der Waals surface area contributed by atoms with E-state index in [-0.39, 0.29) is 11.5 Å². The highest BCUT2D eigenvalue weighted by Crippen LogP contribution is 2.42. The molecule has 1 saturated heterocycles. The molecule has 1 heterocycles. The summed E-state index contributed by atoms with van der Waals surface area (Å²) in [5, 5.41) is 9.26. The fourth-order valence-corrected chi connectivity index (χ4v) is 3.94. The Labute approximate surface area is 129 Å². The molecule has 1 unspecified atom stereocenters. The second-order valence-electron chi connectivity index (χ2n) is 6.60. The normalized spacial score (nSPS) is 23.8. The summed E-state index contributed by atoms with van der Waals surface area (Å²) in [7, 11) is 0. The zero-order valence-corrected chi connectivity index (χ0v) is 13.6. The SMILES string of the molecule is CCCC(C#N)N1CCN(C(=O)C2(CC)CCCC2)CC1. The molecular weight excluding hydrogens is 262 g/mol. The molecule has 1 atom stereocenters. The average molecular weight is 291 g/mol. The van der Waals surface area contributed by atoms with E-state index in [2.05, 4.69) is 29.7 Å². The quantitative estimate of drug-likeness (QED) is 0.782. The van der Waals surface area contributed by atoms with Crippen LogP contribution < -0.4 is 0 Å². The maximum Gasteiger partial charge on any atom is 0.228 e. The van der Waals surface area contributed by atoms with Gasteiger partial charge in [-0.1, -0.05) is 33.1 Å². The van der Waals surface area contributed by atoms with E-state index >= 15 is 0 Å². The number of carbonyl (C=O) groups excluding carboxylic acids is 1. The van der Waals surface area contributed by atoms with Crippen LogP contribution in [0.25, 0.3) is 0 Å². The van der Waals surface area contributed by atoms with Crippen LogP contribution in [0.15, 0.2) is 0 Å². The highest BCUT2D eigenvalue weighted by molar-refractivity contribution is 5.83. The first-order valence-corrected chi connectivity index (χ1v) is 8.60. The third kappa shape index (κ3) is 3.40. The van der Waals surface area contributed by atoms with E-state index in [9.17, 15) is 10.1 Å². The van der Waals surface area contributed by atoms with Gasteiger partial charge >= 0.3 is 0 Å². The van der Waals surface area contributed by atoms with Crippen molar-refractivity contribution in [3.63, 3.8) is 0 Å². The summed E-state index contributed by atoms with van der Waals surface area (Å²) in [6.45, 7) is 7.57. The molecule has 1 aliphatic carbocycles. The standard InChI is InChI=1S/C17H29N3O/c1-3-7-15(14-18)19-10-12-20(13-11-19)16(21)17(4-2)8-5-6-9-17/h15H,3-13H2,1-2H3. The number of hydrogen-bond acceptors (Lipinski definition) is 3. The second-order valence-corrected chi connectivity index (χ2v) is 6.60. The Morgan fingerprint density at radius 2 is 1.81 bits per heavy atom. The van der Waals surface area contributed by atoms with E-state index in [1.807, 2.05) is 0 Å². The molecule has 0 bridgehead atoms. The van der Waals surface area contributed by atoms with E-state index in [0.717, 1.165) is 58.3 Å². The minimum absolute atomic E-state index is 0.0267. The van der Waals surface area contributed by atoms with Gasteiger partial charge in [0.1, 0.15) is 0 Å². The number of nitrogens with zero attached hydrogens (tertiary/aromatic N) is 3. The van der Waals surface area contributed by atoms with E-state index in [4.69, 9.17) is 0 Å². The van der Waals surface area contributed by atoms with Crippen molar-refractivity contribution in [2.24, 2.45) is 5.41 Å². The Bertz CT molecular complexity index is 387. The molecule has 0 aromatic rings. The summed E-state index contributed by atoms with van der Waals surface area (Å²) in [5.41, 5.74) is -0.0692. The third-order valence-corrected chi connectivity index (χ3v) is 5.44. The van der Waals surface area contributed by atoms with Gasteiger partial charge in [0.15, 0.2) is 0 Å². The van der Waals surface area contributed by atoms with Crippen molar-refractivity contribution in [2.75, 3.05) is 26.2 Å². The number of hydrogen-bond donors (Lipinski definition) is 0. The van der Waals surface area contributed by atoms with Gasteiger partial charge in [-0.15, -0.1) is 0 Å². The first-order chi connectivity index (χ1) is 10.2. The molecular formula is C17H29N3O. The molecule has 2 fully saturated rings. The van der Waals surface area contributed by atoms with Gasteiger partial charge in [0, 0.05) is 31.6 Å². The maximum atomic E-state index is 12.9. The van der Waals surface area contributed by atoms with Crippen LogP contribution in [-0.2, 0) is 4.79 Å². The maximum absolute atomic E-state index is 12.9. The van der Waals surface area contributed by atoms with Crippen LogP contribution in [0.4, 0.5) is 0 Å². The first-order valence-electron chi connectivity index (χ1n) is 8.60. The lowest BCUT2D eigenvalue weighted by atomic mass is 9.81. The minimum Gasteiger partial charge on any atom is -0.340 e. The van der Waals surface area contributed by atoms with Crippen LogP contribution in [0.2, 0.25) is 0 Å². The Kier molecular flexibility index (Phi) is 5.64. The van der Waals surface area contributed by atoms with Gasteiger partial charge in [0.2, 0.25) is 5.91 Å². The Balaban J connectivity index is 1.91. The Morgan fingerprint density at radius 1 is 1.19 bits per heavy atom. The number of nitriles is 1. The first kappa shape index (κ1) is 16.3. The zero-order chi connectivity index (χ0) is 15.3. The number of amides is 1. The Hall–Kier alpha value is -1.08. The van der Waals surface area contributed by atoms with E-state index in [0.29, 0.717) is 5.91 Å². The van der Waals surface area contributed by atoms with E-state index in [1.54, 1.807) is 0 Å². The highest BCUT2D eigenvalue weighted by Gasteiger charge is 2.42. The lowest BCUT2D eigenvalue weighted by Gasteiger charge is -2.40. The summed E-state index contributed by atoms with van der Waals surface area (Å²) in [6, 6.07) is 2.44. The van der Waals surface area contributed by atoms with Crippen LogP contribution in [0.1, 0.15) is 58.8 Å². The van der Waals surface area contributed by atoms with E-state index in [1.165, 1.54) is 12.8 Å². The van der Waals surface area contributed by atoms with Crippen molar-refractivity contribution in [1.29, 1.82) is 5.26 Å². The fraction of sp³-hybridized carbons (Fsp3) is 0.882. The molecule has 1 amide bonds. The molecule has 1 aliphatic heterocycles. The smallest absolute Gasteiger partial charge is 0.228 e. The Morgan fingerprint density at radius 3 is 2.29 bits per heavy atom. The van der Waals surface area contributed by atoms with Crippen LogP contribution >= 0.6 is 0 Å². The monoisotopic (exact) mass is 291 g/mol. The lowest BCUT2D eigenvalue weighted by Crippen LogP contribution is -2.54. The largest absolute Gasteiger partial charge is 0.340 e. The zero-order valence-electron chi connectivity index (χ0n) is 13.6. The van der Waals surface area contributed by atoms with Crippen molar-refractivity contribution in [3.05, 3.63) is 0 Å².